The first-order chi connectivity index (χ1) is 10.6. The van der Waals surface area contributed by atoms with Crippen LogP contribution in [-0.4, -0.2) is 11.7 Å². The first-order valence-electron chi connectivity index (χ1n) is 6.70. The van der Waals surface area contributed by atoms with Crippen LogP contribution in [0.5, 0.6) is 0 Å². The number of nitrogens with zero attached hydrogens (tertiary/aromatic N) is 1. The van der Waals surface area contributed by atoms with E-state index in [-0.39, 0.29) is 5.91 Å². The van der Waals surface area contributed by atoms with Gasteiger partial charge in [-0.15, -0.1) is 0 Å². The summed E-state index contributed by atoms with van der Waals surface area (Å²) in [5, 5.41) is 3.78. The van der Waals surface area contributed by atoms with Crippen LogP contribution in [0.3, 0.4) is 0 Å². The van der Waals surface area contributed by atoms with Crippen LogP contribution in [0.1, 0.15) is 17.7 Å². The Labute approximate surface area is 137 Å². The molecular weight excluding hydrogens is 323 g/mol. The van der Waals surface area contributed by atoms with Gasteiger partial charge in [-0.05, 0) is 35.9 Å². The number of halogens is 2. The van der Waals surface area contributed by atoms with Crippen molar-refractivity contribution in [2.45, 2.75) is 12.8 Å². The van der Waals surface area contributed by atoms with E-state index in [1.165, 1.54) is 0 Å². The number of hydrogen-bond donors (Lipinski definition) is 1. The third-order valence-electron chi connectivity index (χ3n) is 3.19. The summed E-state index contributed by atoms with van der Waals surface area (Å²) < 4.78 is 5.26. The lowest BCUT2D eigenvalue weighted by atomic mass is 10.2. The number of furan rings is 1. The lowest BCUT2D eigenvalue weighted by Gasteiger charge is -1.99. The van der Waals surface area contributed by atoms with Crippen LogP contribution >= 0.6 is 23.2 Å². The SMILES string of the molecule is O=C1NC(CCc2ccco2)=N/C1=C\c1ccc(Cl)cc1Cl. The number of nitrogens with one attached hydrogen (secondary N) is 1. The second-order valence-corrected chi connectivity index (χ2v) is 5.63. The number of aliphatic imine (C=N–C) groups is 1. The lowest BCUT2D eigenvalue weighted by Crippen LogP contribution is -2.24. The van der Waals surface area contributed by atoms with Gasteiger partial charge in [0.1, 0.15) is 17.3 Å². The zero-order valence-electron chi connectivity index (χ0n) is 11.5. The van der Waals surface area contributed by atoms with Gasteiger partial charge in [-0.1, -0.05) is 29.3 Å². The Hall–Kier alpha value is -2.04. The van der Waals surface area contributed by atoms with Crippen molar-refractivity contribution in [3.8, 4) is 0 Å². The highest BCUT2D eigenvalue weighted by molar-refractivity contribution is 6.35. The lowest BCUT2D eigenvalue weighted by molar-refractivity contribution is -0.115. The van der Waals surface area contributed by atoms with Crippen molar-refractivity contribution in [2.75, 3.05) is 0 Å². The monoisotopic (exact) mass is 334 g/mol. The van der Waals surface area contributed by atoms with Crippen molar-refractivity contribution in [3.05, 3.63) is 63.7 Å². The van der Waals surface area contributed by atoms with Crippen LogP contribution in [0.2, 0.25) is 10.0 Å². The van der Waals surface area contributed by atoms with Crippen LogP contribution < -0.4 is 5.32 Å². The largest absolute Gasteiger partial charge is 0.469 e. The van der Waals surface area contributed by atoms with Gasteiger partial charge >= 0.3 is 0 Å². The maximum Gasteiger partial charge on any atom is 0.275 e. The van der Waals surface area contributed by atoms with Gasteiger partial charge in [-0.3, -0.25) is 4.79 Å². The summed E-state index contributed by atoms with van der Waals surface area (Å²) in [6.45, 7) is 0. The fourth-order valence-corrected chi connectivity index (χ4v) is 2.56. The molecule has 0 unspecified atom stereocenters. The molecule has 0 bridgehead atoms. The number of aryl methyl sites for hydroxylation is 1. The van der Waals surface area contributed by atoms with Gasteiger partial charge in [0, 0.05) is 22.9 Å². The van der Waals surface area contributed by atoms with Crippen LogP contribution in [0.15, 0.2) is 51.7 Å². The summed E-state index contributed by atoms with van der Waals surface area (Å²) in [6.07, 6.45) is 4.55. The van der Waals surface area contributed by atoms with E-state index in [0.29, 0.717) is 40.0 Å². The molecule has 2 heterocycles. The Balaban J connectivity index is 1.75. The second-order valence-electron chi connectivity index (χ2n) is 4.79. The molecule has 1 aromatic heterocycles. The third kappa shape index (κ3) is 3.40. The molecule has 112 valence electrons. The number of carbonyl (C=O) groups is 1. The van der Waals surface area contributed by atoms with Crippen molar-refractivity contribution in [1.82, 2.24) is 5.32 Å². The molecule has 2 aromatic rings. The molecule has 4 nitrogen and oxygen atoms in total. The van der Waals surface area contributed by atoms with E-state index in [4.69, 9.17) is 27.6 Å². The molecular formula is C16H12Cl2N2O2. The summed E-state index contributed by atoms with van der Waals surface area (Å²) in [4.78, 5) is 16.3. The molecule has 6 heteroatoms. The molecule has 0 saturated carbocycles. The van der Waals surface area contributed by atoms with Gasteiger partial charge in [0.15, 0.2) is 0 Å². The molecule has 0 fully saturated rings. The number of carbonyl (C=O) groups excluding carboxylic acids is 1. The second kappa shape index (κ2) is 6.38. The van der Waals surface area contributed by atoms with E-state index in [9.17, 15) is 4.79 Å². The predicted molar refractivity (Wildman–Crippen MR) is 87.0 cm³/mol. The van der Waals surface area contributed by atoms with E-state index in [0.717, 1.165) is 5.76 Å². The molecule has 0 aliphatic carbocycles. The number of rotatable bonds is 4. The molecule has 1 N–H and O–H groups in total. The van der Waals surface area contributed by atoms with Gasteiger partial charge < -0.3 is 9.73 Å². The summed E-state index contributed by atoms with van der Waals surface area (Å²) in [7, 11) is 0. The average molecular weight is 335 g/mol. The van der Waals surface area contributed by atoms with Crippen molar-refractivity contribution in [2.24, 2.45) is 4.99 Å². The fraction of sp³-hybridized carbons (Fsp3) is 0.125. The van der Waals surface area contributed by atoms with Crippen LogP contribution in [0.4, 0.5) is 0 Å². The van der Waals surface area contributed by atoms with Gasteiger partial charge in [0.2, 0.25) is 0 Å². The van der Waals surface area contributed by atoms with Crippen LogP contribution in [-0.2, 0) is 11.2 Å². The molecule has 0 spiro atoms. The molecule has 3 rings (SSSR count). The van der Waals surface area contributed by atoms with E-state index in [1.807, 2.05) is 12.1 Å². The van der Waals surface area contributed by atoms with Crippen molar-refractivity contribution >= 4 is 41.0 Å². The standard InChI is InChI=1S/C16H12Cl2N2O2/c17-11-4-3-10(13(18)9-11)8-14-16(21)20-15(19-14)6-5-12-2-1-7-22-12/h1-4,7-9H,5-6H2,(H,19,20,21)/b14-8-. The Bertz CT molecular complexity index is 764. The smallest absolute Gasteiger partial charge is 0.275 e. The first kappa shape index (κ1) is 14.9. The number of amides is 1. The molecule has 1 amide bonds. The fourth-order valence-electron chi connectivity index (χ4n) is 2.10. The average Bonchev–Trinajstić information content (AvgIpc) is 3.10. The van der Waals surface area contributed by atoms with Gasteiger partial charge in [-0.25, -0.2) is 4.99 Å². The van der Waals surface area contributed by atoms with E-state index in [2.05, 4.69) is 10.3 Å². The normalized spacial score (nSPS) is 16.0. The molecule has 1 aliphatic rings. The van der Waals surface area contributed by atoms with Crippen LogP contribution in [0, 0.1) is 0 Å². The highest BCUT2D eigenvalue weighted by atomic mass is 35.5. The minimum Gasteiger partial charge on any atom is -0.469 e. The Morgan fingerprint density at radius 3 is 2.82 bits per heavy atom. The quantitative estimate of drug-likeness (QED) is 0.856. The first-order valence-corrected chi connectivity index (χ1v) is 7.45. The van der Waals surface area contributed by atoms with Crippen molar-refractivity contribution in [1.29, 1.82) is 0 Å². The zero-order chi connectivity index (χ0) is 15.5. The third-order valence-corrected chi connectivity index (χ3v) is 3.75. The van der Waals surface area contributed by atoms with Crippen molar-refractivity contribution in [3.63, 3.8) is 0 Å². The molecule has 0 atom stereocenters. The summed E-state index contributed by atoms with van der Waals surface area (Å²) in [5.41, 5.74) is 1.03. The Morgan fingerprint density at radius 2 is 2.09 bits per heavy atom. The van der Waals surface area contributed by atoms with Gasteiger partial charge in [0.05, 0.1) is 6.26 Å². The van der Waals surface area contributed by atoms with E-state index < -0.39 is 0 Å². The minimum absolute atomic E-state index is 0.236. The van der Waals surface area contributed by atoms with Crippen molar-refractivity contribution < 1.29 is 9.21 Å². The maximum atomic E-state index is 11.9. The Morgan fingerprint density at radius 1 is 1.23 bits per heavy atom. The van der Waals surface area contributed by atoms with Gasteiger partial charge in [0.25, 0.3) is 5.91 Å². The van der Waals surface area contributed by atoms with Crippen LogP contribution in [0.25, 0.3) is 6.08 Å². The summed E-state index contributed by atoms with van der Waals surface area (Å²) in [5.74, 6) is 1.24. The molecule has 0 radical (unpaired) electrons. The number of hydrogen-bond acceptors (Lipinski definition) is 3. The van der Waals surface area contributed by atoms with E-state index in [1.54, 1.807) is 30.5 Å². The predicted octanol–water partition coefficient (Wildman–Crippen LogP) is 4.09. The molecule has 0 saturated heterocycles. The van der Waals surface area contributed by atoms with Gasteiger partial charge in [-0.2, -0.15) is 0 Å². The Kier molecular flexibility index (Phi) is 4.32. The van der Waals surface area contributed by atoms with E-state index >= 15 is 0 Å². The highest BCUT2D eigenvalue weighted by Gasteiger charge is 2.20. The zero-order valence-corrected chi connectivity index (χ0v) is 13.0. The minimum atomic E-state index is -0.236. The molecule has 1 aliphatic heterocycles. The molecule has 22 heavy (non-hydrogen) atoms. The maximum absolute atomic E-state index is 11.9. The molecule has 1 aromatic carbocycles. The topological polar surface area (TPSA) is 54.6 Å². The number of amidine groups is 1. The highest BCUT2D eigenvalue weighted by Crippen LogP contribution is 2.24. The summed E-state index contributed by atoms with van der Waals surface area (Å²) in [6, 6.07) is 8.82. The number of benzene rings is 1. The summed E-state index contributed by atoms with van der Waals surface area (Å²) >= 11 is 12.0.